The lowest BCUT2D eigenvalue weighted by molar-refractivity contribution is -0.130. The summed E-state index contributed by atoms with van der Waals surface area (Å²) in [6.07, 6.45) is 11.6. The molecule has 1 heterocycles. The van der Waals surface area contributed by atoms with Crippen LogP contribution in [0.1, 0.15) is 58.8 Å². The number of Topliss-reactive ketones (excluding diaryl/α,β-unsaturated/α-hetero) is 1. The van der Waals surface area contributed by atoms with E-state index in [-0.39, 0.29) is 16.9 Å². The van der Waals surface area contributed by atoms with Crippen LogP contribution < -0.4 is 0 Å². The van der Waals surface area contributed by atoms with Crippen LogP contribution in [-0.4, -0.2) is 48.2 Å². The fourth-order valence-corrected chi connectivity index (χ4v) is 7.36. The van der Waals surface area contributed by atoms with E-state index in [1.165, 1.54) is 5.57 Å². The molecule has 0 aromatic heterocycles. The summed E-state index contributed by atoms with van der Waals surface area (Å²) in [4.78, 5) is 15.7. The summed E-state index contributed by atoms with van der Waals surface area (Å²) in [5.41, 5.74) is 2.64. The maximum atomic E-state index is 13.4. The standard InChI is InChI=1S/C24H35NO3/c1-23-7-5-18(26)14-17(23)3-4-19-20(23)6-8-24(2)21(19)13-16(22(24)27)15-25-9-11-28-12-10-25/h3,15,18-21,26H,4-14H2,1-2H3/t18-,19+,20-,21-,23-,24-/m0/s1. The third-order valence-electron chi connectivity index (χ3n) is 9.10. The molecule has 4 aliphatic carbocycles. The van der Waals surface area contributed by atoms with E-state index < -0.39 is 0 Å². The van der Waals surface area contributed by atoms with Crippen molar-refractivity contribution in [3.05, 3.63) is 23.4 Å². The predicted octanol–water partition coefficient (Wildman–Crippen LogP) is 3.71. The molecule has 4 fully saturated rings. The number of rotatable bonds is 1. The van der Waals surface area contributed by atoms with Crippen LogP contribution >= 0.6 is 0 Å². The number of aliphatic hydroxyl groups excluding tert-OH is 1. The van der Waals surface area contributed by atoms with Gasteiger partial charge in [0.1, 0.15) is 0 Å². The molecule has 154 valence electrons. The summed E-state index contributed by atoms with van der Waals surface area (Å²) in [6.45, 7) is 8.03. The lowest BCUT2D eigenvalue weighted by atomic mass is 9.48. The average Bonchev–Trinajstić information content (AvgIpc) is 2.94. The second-order valence-corrected chi connectivity index (χ2v) is 10.4. The van der Waals surface area contributed by atoms with Gasteiger partial charge in [-0.15, -0.1) is 0 Å². The molecule has 0 radical (unpaired) electrons. The van der Waals surface area contributed by atoms with Crippen LogP contribution in [0.25, 0.3) is 0 Å². The van der Waals surface area contributed by atoms with Gasteiger partial charge in [0.2, 0.25) is 0 Å². The van der Waals surface area contributed by atoms with E-state index in [1.807, 2.05) is 0 Å². The number of carbonyl (C=O) groups excluding carboxylic acids is 1. The normalized spacial score (nSPS) is 47.4. The van der Waals surface area contributed by atoms with Crippen LogP contribution in [0.15, 0.2) is 23.4 Å². The summed E-state index contributed by atoms with van der Waals surface area (Å²) in [7, 11) is 0. The van der Waals surface area contributed by atoms with Crippen molar-refractivity contribution in [3.8, 4) is 0 Å². The molecular weight excluding hydrogens is 350 g/mol. The Morgan fingerprint density at radius 2 is 1.86 bits per heavy atom. The molecule has 28 heavy (non-hydrogen) atoms. The molecule has 0 unspecified atom stereocenters. The molecule has 0 aromatic rings. The molecule has 0 spiro atoms. The van der Waals surface area contributed by atoms with Gasteiger partial charge in [-0.3, -0.25) is 4.79 Å². The number of allylic oxidation sites excluding steroid dienone is 2. The SMILES string of the molecule is C[C@]12CC[C@H](O)CC1=CC[C@@H]1[C@@H]2CC[C@]2(C)C(=O)C(=CN3CCOCC3)C[C@@H]12. The lowest BCUT2D eigenvalue weighted by Gasteiger charge is -2.56. The van der Waals surface area contributed by atoms with Crippen molar-refractivity contribution in [3.63, 3.8) is 0 Å². The number of morpholine rings is 1. The van der Waals surface area contributed by atoms with Gasteiger partial charge in [0.05, 0.1) is 19.3 Å². The van der Waals surface area contributed by atoms with Crippen LogP contribution in [0.5, 0.6) is 0 Å². The first kappa shape index (κ1) is 18.9. The molecule has 4 nitrogen and oxygen atoms in total. The molecule has 1 saturated heterocycles. The van der Waals surface area contributed by atoms with Crippen molar-refractivity contribution >= 4 is 5.78 Å². The Morgan fingerprint density at radius 1 is 1.11 bits per heavy atom. The number of nitrogens with zero attached hydrogens (tertiary/aromatic N) is 1. The number of carbonyl (C=O) groups is 1. The Hall–Kier alpha value is -1.13. The quantitative estimate of drug-likeness (QED) is 0.552. The van der Waals surface area contributed by atoms with Crippen molar-refractivity contribution in [1.82, 2.24) is 4.90 Å². The van der Waals surface area contributed by atoms with Crippen LogP contribution in [0.4, 0.5) is 0 Å². The third kappa shape index (κ3) is 2.74. The van der Waals surface area contributed by atoms with Gasteiger partial charge in [0.25, 0.3) is 0 Å². The Morgan fingerprint density at radius 3 is 2.64 bits per heavy atom. The van der Waals surface area contributed by atoms with E-state index in [2.05, 4.69) is 31.0 Å². The molecule has 0 bridgehead atoms. The minimum atomic E-state index is -0.171. The van der Waals surface area contributed by atoms with Gasteiger partial charge in [-0.2, -0.15) is 0 Å². The Bertz CT molecular complexity index is 721. The highest BCUT2D eigenvalue weighted by molar-refractivity contribution is 6.02. The van der Waals surface area contributed by atoms with E-state index in [0.29, 0.717) is 23.5 Å². The Kier molecular flexibility index (Phi) is 4.52. The van der Waals surface area contributed by atoms with Gasteiger partial charge in [0, 0.05) is 30.3 Å². The molecule has 4 heteroatoms. The zero-order chi connectivity index (χ0) is 19.5. The summed E-state index contributed by atoms with van der Waals surface area (Å²) >= 11 is 0. The van der Waals surface area contributed by atoms with Crippen LogP contribution in [-0.2, 0) is 9.53 Å². The molecule has 5 aliphatic rings. The van der Waals surface area contributed by atoms with Crippen LogP contribution in [0.2, 0.25) is 0 Å². The minimum Gasteiger partial charge on any atom is -0.393 e. The van der Waals surface area contributed by atoms with E-state index in [4.69, 9.17) is 4.74 Å². The molecule has 5 rings (SSSR count). The molecular formula is C24H35NO3. The van der Waals surface area contributed by atoms with Crippen LogP contribution in [0.3, 0.4) is 0 Å². The smallest absolute Gasteiger partial charge is 0.166 e. The van der Waals surface area contributed by atoms with Crippen LogP contribution in [0, 0.1) is 28.6 Å². The minimum absolute atomic E-state index is 0.152. The van der Waals surface area contributed by atoms with Gasteiger partial charge in [-0.1, -0.05) is 25.5 Å². The molecule has 3 saturated carbocycles. The Balaban J connectivity index is 1.43. The maximum Gasteiger partial charge on any atom is 0.166 e. The highest BCUT2D eigenvalue weighted by Crippen LogP contribution is 2.64. The number of aliphatic hydroxyl groups is 1. The first-order valence-electron chi connectivity index (χ1n) is 11.4. The monoisotopic (exact) mass is 385 g/mol. The lowest BCUT2D eigenvalue weighted by Crippen LogP contribution is -2.50. The highest BCUT2D eigenvalue weighted by Gasteiger charge is 2.59. The summed E-state index contributed by atoms with van der Waals surface area (Å²) in [6, 6.07) is 0. The van der Waals surface area contributed by atoms with E-state index in [1.54, 1.807) is 0 Å². The summed E-state index contributed by atoms with van der Waals surface area (Å²) < 4.78 is 5.46. The van der Waals surface area contributed by atoms with E-state index in [0.717, 1.165) is 76.8 Å². The molecule has 0 amide bonds. The molecule has 1 aliphatic heterocycles. The fourth-order valence-electron chi connectivity index (χ4n) is 7.36. The fraction of sp³-hybridized carbons (Fsp3) is 0.792. The highest BCUT2D eigenvalue weighted by atomic mass is 16.5. The van der Waals surface area contributed by atoms with Gasteiger partial charge in [0.15, 0.2) is 5.78 Å². The first-order chi connectivity index (χ1) is 13.4. The number of hydrogen-bond donors (Lipinski definition) is 1. The molecule has 6 atom stereocenters. The van der Waals surface area contributed by atoms with Gasteiger partial charge >= 0.3 is 0 Å². The van der Waals surface area contributed by atoms with Crippen molar-refractivity contribution < 1.29 is 14.6 Å². The summed E-state index contributed by atoms with van der Waals surface area (Å²) in [5, 5.41) is 10.2. The molecule has 0 aromatic carbocycles. The van der Waals surface area contributed by atoms with Crippen molar-refractivity contribution in [2.24, 2.45) is 28.6 Å². The second-order valence-electron chi connectivity index (χ2n) is 10.4. The molecule has 1 N–H and O–H groups in total. The number of fused-ring (bicyclic) bond motifs is 5. The first-order valence-corrected chi connectivity index (χ1v) is 11.4. The number of hydrogen-bond acceptors (Lipinski definition) is 4. The van der Waals surface area contributed by atoms with Crippen molar-refractivity contribution in [1.29, 1.82) is 0 Å². The van der Waals surface area contributed by atoms with Crippen molar-refractivity contribution in [2.45, 2.75) is 64.9 Å². The number of ether oxygens (including phenoxy) is 1. The zero-order valence-electron chi connectivity index (χ0n) is 17.5. The topological polar surface area (TPSA) is 49.8 Å². The van der Waals surface area contributed by atoms with Gasteiger partial charge in [-0.25, -0.2) is 0 Å². The summed E-state index contributed by atoms with van der Waals surface area (Å²) in [5.74, 6) is 2.19. The van der Waals surface area contributed by atoms with Gasteiger partial charge < -0.3 is 14.7 Å². The maximum absolute atomic E-state index is 13.4. The zero-order valence-corrected chi connectivity index (χ0v) is 17.5. The second kappa shape index (κ2) is 6.70. The van der Waals surface area contributed by atoms with E-state index >= 15 is 0 Å². The number of ketones is 1. The largest absolute Gasteiger partial charge is 0.393 e. The predicted molar refractivity (Wildman–Crippen MR) is 109 cm³/mol. The van der Waals surface area contributed by atoms with Crippen molar-refractivity contribution in [2.75, 3.05) is 26.3 Å². The third-order valence-corrected chi connectivity index (χ3v) is 9.10. The average molecular weight is 386 g/mol. The van der Waals surface area contributed by atoms with E-state index in [9.17, 15) is 9.90 Å². The van der Waals surface area contributed by atoms with Gasteiger partial charge in [-0.05, 0) is 68.1 Å². The Labute approximate surface area is 169 Å².